The molecule has 120 valence electrons. The minimum Gasteiger partial charge on any atom is -0.463 e. The van der Waals surface area contributed by atoms with Crippen LogP contribution in [-0.4, -0.2) is 24.1 Å². The standard InChI is InChI=1S/C18H24O4/c1-7-21-16(19)13(3)12(2)14-8-10-15(11-9-14)17(20)22-18(4,5)6/h8-11H,7H2,1-6H3/b13-12+. The number of hydrogen-bond donors (Lipinski definition) is 0. The molecule has 1 rings (SSSR count). The SMILES string of the molecule is CCOC(=O)/C(C)=C(\C)c1ccc(C(=O)OC(C)(C)C)cc1. The van der Waals surface area contributed by atoms with E-state index in [4.69, 9.17) is 9.47 Å². The van der Waals surface area contributed by atoms with Gasteiger partial charge in [-0.1, -0.05) is 12.1 Å². The van der Waals surface area contributed by atoms with Gasteiger partial charge in [-0.15, -0.1) is 0 Å². The Morgan fingerprint density at radius 3 is 1.95 bits per heavy atom. The lowest BCUT2D eigenvalue weighted by Crippen LogP contribution is -2.23. The molecule has 0 spiro atoms. The van der Waals surface area contributed by atoms with Crippen LogP contribution in [0.4, 0.5) is 0 Å². The monoisotopic (exact) mass is 304 g/mol. The summed E-state index contributed by atoms with van der Waals surface area (Å²) in [5.41, 5.74) is 2.23. The van der Waals surface area contributed by atoms with Crippen LogP contribution in [0.1, 0.15) is 57.5 Å². The van der Waals surface area contributed by atoms with Crippen molar-refractivity contribution in [2.45, 2.75) is 47.1 Å². The summed E-state index contributed by atoms with van der Waals surface area (Å²) in [5.74, 6) is -0.681. The molecular formula is C18H24O4. The summed E-state index contributed by atoms with van der Waals surface area (Å²) in [6.45, 7) is 11.2. The number of carbonyl (C=O) groups is 2. The molecule has 0 fully saturated rings. The molecular weight excluding hydrogens is 280 g/mol. The van der Waals surface area contributed by atoms with Crippen LogP contribution in [0.2, 0.25) is 0 Å². The van der Waals surface area contributed by atoms with Gasteiger partial charge in [0.1, 0.15) is 5.60 Å². The maximum atomic E-state index is 12.0. The van der Waals surface area contributed by atoms with Gasteiger partial charge in [-0.25, -0.2) is 9.59 Å². The molecule has 0 bridgehead atoms. The second kappa shape index (κ2) is 7.25. The van der Waals surface area contributed by atoms with Crippen LogP contribution in [0.15, 0.2) is 29.8 Å². The van der Waals surface area contributed by atoms with Crippen LogP contribution in [0.5, 0.6) is 0 Å². The normalized spacial score (nSPS) is 12.5. The second-order valence-corrected chi connectivity index (χ2v) is 6.05. The third-order valence-electron chi connectivity index (χ3n) is 3.10. The molecule has 0 atom stereocenters. The Bertz CT molecular complexity index is 574. The molecule has 0 amide bonds. The number of hydrogen-bond acceptors (Lipinski definition) is 4. The van der Waals surface area contributed by atoms with Crippen LogP contribution in [0.3, 0.4) is 0 Å². The molecule has 0 N–H and O–H groups in total. The summed E-state index contributed by atoms with van der Waals surface area (Å²) in [5, 5.41) is 0. The molecule has 0 saturated carbocycles. The third kappa shape index (κ3) is 5.02. The van der Waals surface area contributed by atoms with E-state index >= 15 is 0 Å². The van der Waals surface area contributed by atoms with Gasteiger partial charge in [-0.3, -0.25) is 0 Å². The Morgan fingerprint density at radius 1 is 1.00 bits per heavy atom. The number of esters is 2. The number of allylic oxidation sites excluding steroid dienone is 1. The van der Waals surface area contributed by atoms with Gasteiger partial charge in [0.15, 0.2) is 0 Å². The second-order valence-electron chi connectivity index (χ2n) is 6.05. The summed E-state index contributed by atoms with van der Waals surface area (Å²) in [6, 6.07) is 7.01. The van der Waals surface area contributed by atoms with Gasteiger partial charge in [0.2, 0.25) is 0 Å². The molecule has 4 nitrogen and oxygen atoms in total. The highest BCUT2D eigenvalue weighted by atomic mass is 16.6. The van der Waals surface area contributed by atoms with E-state index in [9.17, 15) is 9.59 Å². The first-order valence-electron chi connectivity index (χ1n) is 7.34. The number of carbonyl (C=O) groups excluding carboxylic acids is 2. The summed E-state index contributed by atoms with van der Waals surface area (Å²) >= 11 is 0. The molecule has 0 aliphatic rings. The van der Waals surface area contributed by atoms with E-state index in [1.807, 2.05) is 27.7 Å². The zero-order valence-electron chi connectivity index (χ0n) is 14.1. The molecule has 0 aliphatic carbocycles. The van der Waals surface area contributed by atoms with E-state index in [0.717, 1.165) is 11.1 Å². The van der Waals surface area contributed by atoms with Crippen molar-refractivity contribution in [3.05, 3.63) is 41.0 Å². The fraction of sp³-hybridized carbons (Fsp3) is 0.444. The minimum atomic E-state index is -0.522. The van der Waals surface area contributed by atoms with Gasteiger partial charge in [0, 0.05) is 5.57 Å². The lowest BCUT2D eigenvalue weighted by Gasteiger charge is -2.19. The highest BCUT2D eigenvalue weighted by Crippen LogP contribution is 2.20. The van der Waals surface area contributed by atoms with Crippen LogP contribution in [-0.2, 0) is 14.3 Å². The first-order chi connectivity index (χ1) is 10.2. The van der Waals surface area contributed by atoms with E-state index in [-0.39, 0.29) is 11.9 Å². The van der Waals surface area contributed by atoms with Crippen LogP contribution >= 0.6 is 0 Å². The Hall–Kier alpha value is -2.10. The average Bonchev–Trinajstić information content (AvgIpc) is 2.44. The van der Waals surface area contributed by atoms with E-state index < -0.39 is 5.60 Å². The highest BCUT2D eigenvalue weighted by Gasteiger charge is 2.18. The summed E-state index contributed by atoms with van der Waals surface area (Å²) in [4.78, 5) is 23.7. The molecule has 0 saturated heterocycles. The lowest BCUT2D eigenvalue weighted by molar-refractivity contribution is -0.138. The zero-order chi connectivity index (χ0) is 16.9. The van der Waals surface area contributed by atoms with Gasteiger partial charge >= 0.3 is 11.9 Å². The van der Waals surface area contributed by atoms with Crippen molar-refractivity contribution in [2.75, 3.05) is 6.61 Å². The predicted octanol–water partition coefficient (Wildman–Crippen LogP) is 4.00. The average molecular weight is 304 g/mol. The van der Waals surface area contributed by atoms with E-state index in [1.165, 1.54) is 0 Å². The van der Waals surface area contributed by atoms with Crippen LogP contribution < -0.4 is 0 Å². The van der Waals surface area contributed by atoms with Crippen molar-refractivity contribution < 1.29 is 19.1 Å². The Morgan fingerprint density at radius 2 is 1.50 bits per heavy atom. The van der Waals surface area contributed by atoms with Gasteiger partial charge in [0.05, 0.1) is 12.2 Å². The largest absolute Gasteiger partial charge is 0.463 e. The highest BCUT2D eigenvalue weighted by molar-refractivity contribution is 5.97. The van der Waals surface area contributed by atoms with Crippen molar-refractivity contribution in [1.82, 2.24) is 0 Å². The molecule has 0 aromatic heterocycles. The fourth-order valence-corrected chi connectivity index (χ4v) is 1.80. The Labute approximate surface area is 132 Å². The van der Waals surface area contributed by atoms with Crippen LogP contribution in [0, 0.1) is 0 Å². The maximum Gasteiger partial charge on any atom is 0.338 e. The third-order valence-corrected chi connectivity index (χ3v) is 3.10. The van der Waals surface area contributed by atoms with Crippen LogP contribution in [0.25, 0.3) is 5.57 Å². The first kappa shape index (κ1) is 18.0. The lowest BCUT2D eigenvalue weighted by atomic mass is 10.0. The summed E-state index contributed by atoms with van der Waals surface area (Å²) < 4.78 is 10.3. The minimum absolute atomic E-state index is 0.323. The predicted molar refractivity (Wildman–Crippen MR) is 86.5 cm³/mol. The van der Waals surface area contributed by atoms with Gasteiger partial charge < -0.3 is 9.47 Å². The molecule has 0 aliphatic heterocycles. The molecule has 22 heavy (non-hydrogen) atoms. The molecule has 1 aromatic carbocycles. The van der Waals surface area contributed by atoms with Gasteiger partial charge in [-0.2, -0.15) is 0 Å². The first-order valence-corrected chi connectivity index (χ1v) is 7.34. The van der Waals surface area contributed by atoms with E-state index in [0.29, 0.717) is 17.7 Å². The summed E-state index contributed by atoms with van der Waals surface area (Å²) in [7, 11) is 0. The van der Waals surface area contributed by atoms with Crippen molar-refractivity contribution in [3.63, 3.8) is 0 Å². The number of rotatable bonds is 4. The molecule has 1 aromatic rings. The fourth-order valence-electron chi connectivity index (χ4n) is 1.80. The smallest absolute Gasteiger partial charge is 0.338 e. The Balaban J connectivity index is 2.95. The molecule has 4 heteroatoms. The van der Waals surface area contributed by atoms with E-state index in [1.54, 1.807) is 38.1 Å². The molecule has 0 radical (unpaired) electrons. The van der Waals surface area contributed by atoms with E-state index in [2.05, 4.69) is 0 Å². The topological polar surface area (TPSA) is 52.6 Å². The zero-order valence-corrected chi connectivity index (χ0v) is 14.1. The van der Waals surface area contributed by atoms with Crippen molar-refractivity contribution in [3.8, 4) is 0 Å². The number of ether oxygens (including phenoxy) is 2. The molecule has 0 unspecified atom stereocenters. The van der Waals surface area contributed by atoms with Crippen molar-refractivity contribution in [1.29, 1.82) is 0 Å². The maximum absolute atomic E-state index is 12.0. The quantitative estimate of drug-likeness (QED) is 0.623. The van der Waals surface area contributed by atoms with Gasteiger partial charge in [0.25, 0.3) is 0 Å². The van der Waals surface area contributed by atoms with Gasteiger partial charge in [-0.05, 0) is 64.8 Å². The molecule has 0 heterocycles. The summed E-state index contributed by atoms with van der Waals surface area (Å²) in [6.07, 6.45) is 0. The van der Waals surface area contributed by atoms with Crippen molar-refractivity contribution in [2.24, 2.45) is 0 Å². The van der Waals surface area contributed by atoms with Crippen molar-refractivity contribution >= 4 is 17.5 Å². The number of benzene rings is 1. The Kier molecular flexibility index (Phi) is 5.92.